The van der Waals surface area contributed by atoms with Gasteiger partial charge in [-0.05, 0) is 30.7 Å². The molecular formula is C13H14N4O3. The monoisotopic (exact) mass is 274 g/mol. The molecule has 0 bridgehead atoms. The number of hydrogen-bond acceptors (Lipinski definition) is 4. The summed E-state index contributed by atoms with van der Waals surface area (Å²) in [6.07, 6.45) is 3.14. The van der Waals surface area contributed by atoms with Crippen molar-refractivity contribution in [1.29, 1.82) is 0 Å². The third-order valence-electron chi connectivity index (χ3n) is 2.59. The summed E-state index contributed by atoms with van der Waals surface area (Å²) < 4.78 is 1.42. The van der Waals surface area contributed by atoms with Crippen molar-refractivity contribution in [3.63, 3.8) is 0 Å². The van der Waals surface area contributed by atoms with Crippen LogP contribution < -0.4 is 5.32 Å². The Morgan fingerprint density at radius 2 is 2.20 bits per heavy atom. The van der Waals surface area contributed by atoms with Crippen molar-refractivity contribution in [3.8, 4) is 0 Å². The van der Waals surface area contributed by atoms with Gasteiger partial charge in [0.1, 0.15) is 5.82 Å². The minimum absolute atomic E-state index is 0.0395. The van der Waals surface area contributed by atoms with E-state index in [1.165, 1.54) is 10.7 Å². The molecule has 0 fully saturated rings. The van der Waals surface area contributed by atoms with Crippen LogP contribution in [0.15, 0.2) is 30.6 Å². The lowest BCUT2D eigenvalue weighted by Gasteiger charge is -2.02. The first-order valence-electron chi connectivity index (χ1n) is 6.04. The van der Waals surface area contributed by atoms with Gasteiger partial charge in [0.05, 0.1) is 13.0 Å². The number of aryl methyl sites for hydroxylation is 2. The summed E-state index contributed by atoms with van der Waals surface area (Å²) in [6.45, 7) is 2.13. The van der Waals surface area contributed by atoms with Crippen LogP contribution in [0.2, 0.25) is 0 Å². The van der Waals surface area contributed by atoms with Gasteiger partial charge in [-0.3, -0.25) is 14.3 Å². The molecule has 0 atom stereocenters. The Bertz CT molecular complexity index is 636. The van der Waals surface area contributed by atoms with E-state index in [0.717, 1.165) is 5.56 Å². The molecule has 2 aromatic rings. The normalized spacial score (nSPS) is 10.2. The summed E-state index contributed by atoms with van der Waals surface area (Å²) in [5.41, 5.74) is 1.21. The van der Waals surface area contributed by atoms with Crippen LogP contribution in [-0.4, -0.2) is 31.7 Å². The molecule has 2 aromatic heterocycles. The van der Waals surface area contributed by atoms with E-state index in [2.05, 4.69) is 15.4 Å². The molecule has 0 aliphatic heterocycles. The zero-order valence-corrected chi connectivity index (χ0v) is 10.9. The van der Waals surface area contributed by atoms with Gasteiger partial charge in [-0.15, -0.1) is 0 Å². The molecular weight excluding hydrogens is 260 g/mol. The zero-order valence-electron chi connectivity index (χ0n) is 10.9. The van der Waals surface area contributed by atoms with Gasteiger partial charge in [-0.1, -0.05) is 0 Å². The van der Waals surface area contributed by atoms with E-state index in [-0.39, 0.29) is 24.6 Å². The number of carboxylic acids is 1. The number of amides is 1. The average Bonchev–Trinajstić information content (AvgIpc) is 2.85. The summed E-state index contributed by atoms with van der Waals surface area (Å²) in [6, 6.07) is 5.11. The van der Waals surface area contributed by atoms with Crippen molar-refractivity contribution in [2.45, 2.75) is 19.9 Å². The quantitative estimate of drug-likeness (QED) is 0.856. The number of anilines is 1. The number of aromatic nitrogens is 3. The number of hydrogen-bond donors (Lipinski definition) is 2. The van der Waals surface area contributed by atoms with Crippen LogP contribution in [0.4, 0.5) is 5.82 Å². The second-order valence-electron chi connectivity index (χ2n) is 4.28. The van der Waals surface area contributed by atoms with Gasteiger partial charge in [0.2, 0.25) is 0 Å². The molecule has 104 valence electrons. The third-order valence-corrected chi connectivity index (χ3v) is 2.59. The largest absolute Gasteiger partial charge is 0.481 e. The number of carbonyl (C=O) groups excluding carboxylic acids is 1. The second kappa shape index (κ2) is 5.96. The van der Waals surface area contributed by atoms with E-state index >= 15 is 0 Å². The molecule has 1 amide bonds. The lowest BCUT2D eigenvalue weighted by atomic mass is 10.3. The zero-order chi connectivity index (χ0) is 14.5. The van der Waals surface area contributed by atoms with Gasteiger partial charge >= 0.3 is 5.97 Å². The van der Waals surface area contributed by atoms with Gasteiger partial charge in [-0.2, -0.15) is 5.10 Å². The molecule has 0 saturated carbocycles. The molecule has 2 N–H and O–H groups in total. The standard InChI is InChI=1S/C13H14N4O3/c1-9-2-5-14-11(8-9)15-13(20)10-3-6-17(16-10)7-4-12(18)19/h2-3,5-6,8H,4,7H2,1H3,(H,18,19)(H,14,15,20). The molecule has 0 aliphatic rings. The second-order valence-corrected chi connectivity index (χ2v) is 4.28. The Balaban J connectivity index is 2.01. The van der Waals surface area contributed by atoms with E-state index in [1.807, 2.05) is 13.0 Å². The van der Waals surface area contributed by atoms with Crippen LogP contribution in [0.1, 0.15) is 22.5 Å². The lowest BCUT2D eigenvalue weighted by molar-refractivity contribution is -0.137. The van der Waals surface area contributed by atoms with Crippen LogP contribution >= 0.6 is 0 Å². The predicted octanol–water partition coefficient (Wildman–Crippen LogP) is 1.31. The van der Waals surface area contributed by atoms with Crippen molar-refractivity contribution in [2.75, 3.05) is 5.32 Å². The number of aliphatic carboxylic acids is 1. The molecule has 0 aliphatic carbocycles. The molecule has 2 rings (SSSR count). The molecule has 0 saturated heterocycles. The van der Waals surface area contributed by atoms with Gasteiger partial charge < -0.3 is 10.4 Å². The average molecular weight is 274 g/mol. The van der Waals surface area contributed by atoms with E-state index in [1.54, 1.807) is 18.5 Å². The summed E-state index contributed by atoms with van der Waals surface area (Å²) in [5.74, 6) is -0.831. The van der Waals surface area contributed by atoms with Crippen LogP contribution in [0, 0.1) is 6.92 Å². The van der Waals surface area contributed by atoms with E-state index in [9.17, 15) is 9.59 Å². The molecule has 2 heterocycles. The van der Waals surface area contributed by atoms with Crippen molar-refractivity contribution < 1.29 is 14.7 Å². The molecule has 7 nitrogen and oxygen atoms in total. The Hall–Kier alpha value is -2.70. The van der Waals surface area contributed by atoms with E-state index in [0.29, 0.717) is 5.82 Å². The molecule has 0 radical (unpaired) electrons. The Labute approximate surface area is 115 Å². The maximum atomic E-state index is 11.9. The van der Waals surface area contributed by atoms with Crippen LogP contribution in [0.5, 0.6) is 0 Å². The lowest BCUT2D eigenvalue weighted by Crippen LogP contribution is -2.14. The first-order chi connectivity index (χ1) is 9.54. The Kier molecular flexibility index (Phi) is 4.09. The highest BCUT2D eigenvalue weighted by molar-refractivity contribution is 6.02. The number of nitrogens with zero attached hydrogens (tertiary/aromatic N) is 3. The fourth-order valence-electron chi connectivity index (χ4n) is 1.60. The molecule has 0 unspecified atom stereocenters. The minimum Gasteiger partial charge on any atom is -0.481 e. The third kappa shape index (κ3) is 3.64. The number of pyridine rings is 1. The number of carbonyl (C=O) groups is 2. The highest BCUT2D eigenvalue weighted by Crippen LogP contribution is 2.07. The smallest absolute Gasteiger partial charge is 0.305 e. The van der Waals surface area contributed by atoms with Gasteiger partial charge in [0, 0.05) is 12.4 Å². The maximum absolute atomic E-state index is 11.9. The fraction of sp³-hybridized carbons (Fsp3) is 0.231. The van der Waals surface area contributed by atoms with Crippen molar-refractivity contribution in [3.05, 3.63) is 41.9 Å². The Morgan fingerprint density at radius 1 is 1.40 bits per heavy atom. The summed E-state index contributed by atoms with van der Waals surface area (Å²) >= 11 is 0. The van der Waals surface area contributed by atoms with E-state index in [4.69, 9.17) is 5.11 Å². The maximum Gasteiger partial charge on any atom is 0.305 e. The van der Waals surface area contributed by atoms with Crippen LogP contribution in [0.25, 0.3) is 0 Å². The number of rotatable bonds is 5. The first-order valence-corrected chi connectivity index (χ1v) is 6.04. The van der Waals surface area contributed by atoms with E-state index < -0.39 is 5.97 Å². The van der Waals surface area contributed by atoms with Crippen molar-refractivity contribution in [2.24, 2.45) is 0 Å². The predicted molar refractivity (Wildman–Crippen MR) is 71.4 cm³/mol. The van der Waals surface area contributed by atoms with Crippen LogP contribution in [-0.2, 0) is 11.3 Å². The van der Waals surface area contributed by atoms with Crippen molar-refractivity contribution in [1.82, 2.24) is 14.8 Å². The molecule has 20 heavy (non-hydrogen) atoms. The van der Waals surface area contributed by atoms with Crippen molar-refractivity contribution >= 4 is 17.7 Å². The Morgan fingerprint density at radius 3 is 2.90 bits per heavy atom. The highest BCUT2D eigenvalue weighted by atomic mass is 16.4. The van der Waals surface area contributed by atoms with Gasteiger partial charge in [0.25, 0.3) is 5.91 Å². The van der Waals surface area contributed by atoms with Gasteiger partial charge in [-0.25, -0.2) is 4.98 Å². The summed E-state index contributed by atoms with van der Waals surface area (Å²) in [5, 5.41) is 15.2. The number of carboxylic acid groups (broad SMARTS) is 1. The minimum atomic E-state index is -0.907. The van der Waals surface area contributed by atoms with Crippen LogP contribution in [0.3, 0.4) is 0 Å². The molecule has 0 spiro atoms. The fourth-order valence-corrected chi connectivity index (χ4v) is 1.60. The summed E-state index contributed by atoms with van der Waals surface area (Å²) in [7, 11) is 0. The van der Waals surface area contributed by atoms with Gasteiger partial charge in [0.15, 0.2) is 5.69 Å². The molecule has 7 heteroatoms. The topological polar surface area (TPSA) is 97.1 Å². The highest BCUT2D eigenvalue weighted by Gasteiger charge is 2.11. The SMILES string of the molecule is Cc1ccnc(NC(=O)c2ccn(CCC(=O)O)n2)c1. The molecule has 0 aromatic carbocycles. The summed E-state index contributed by atoms with van der Waals surface area (Å²) in [4.78, 5) is 26.4. The number of nitrogens with one attached hydrogen (secondary N) is 1. The first kappa shape index (κ1) is 13.7.